The lowest BCUT2D eigenvalue weighted by Gasteiger charge is -2.20. The van der Waals surface area contributed by atoms with Gasteiger partial charge in [0.15, 0.2) is 23.0 Å². The Hall–Kier alpha value is -5.14. The summed E-state index contributed by atoms with van der Waals surface area (Å²) in [6, 6.07) is 5.38. The van der Waals surface area contributed by atoms with Crippen LogP contribution in [0.2, 0.25) is 0 Å². The van der Waals surface area contributed by atoms with E-state index in [1.807, 2.05) is 26.8 Å². The summed E-state index contributed by atoms with van der Waals surface area (Å²) in [5.41, 5.74) is 2.70. The summed E-state index contributed by atoms with van der Waals surface area (Å²) >= 11 is 0. The molecule has 50 heavy (non-hydrogen) atoms. The Labute approximate surface area is 289 Å². The molecule has 1 aliphatic carbocycles. The Morgan fingerprint density at radius 1 is 0.820 bits per heavy atom. The molecule has 0 bridgehead atoms. The molecule has 2 aromatic heterocycles. The third kappa shape index (κ3) is 7.68. The van der Waals surface area contributed by atoms with E-state index in [1.165, 1.54) is 16.2 Å². The third-order valence-corrected chi connectivity index (χ3v) is 8.93. The molecule has 5 rings (SSSR count). The molecule has 2 aromatic carbocycles. The highest BCUT2D eigenvalue weighted by Gasteiger charge is 2.27. The van der Waals surface area contributed by atoms with Crippen LogP contribution < -0.4 is 30.3 Å². The quantitative estimate of drug-likeness (QED) is 0.198. The Bertz CT molecular complexity index is 1990. The number of methoxy groups -OCH3 is 5. The number of fused-ring (bicyclic) bond motifs is 2. The number of benzene rings is 2. The monoisotopic (exact) mass is 694 g/mol. The van der Waals surface area contributed by atoms with Crippen molar-refractivity contribution >= 4 is 33.7 Å². The summed E-state index contributed by atoms with van der Waals surface area (Å²) < 4.78 is 29.6. The van der Waals surface area contributed by atoms with Crippen molar-refractivity contribution in [1.29, 1.82) is 0 Å². The van der Waals surface area contributed by atoms with E-state index in [0.29, 0.717) is 39.7 Å². The number of nitrogens with zero attached hydrogens (tertiary/aromatic N) is 4. The maximum absolute atomic E-state index is 12.7. The number of aliphatic carboxylic acids is 1. The number of esters is 1. The zero-order chi connectivity index (χ0) is 36.7. The maximum atomic E-state index is 12.7. The van der Waals surface area contributed by atoms with Crippen LogP contribution in [0.25, 0.3) is 21.8 Å². The van der Waals surface area contributed by atoms with E-state index in [0.717, 1.165) is 47.7 Å². The zero-order valence-electron chi connectivity index (χ0n) is 30.0. The summed E-state index contributed by atoms with van der Waals surface area (Å²) in [6.07, 6.45) is 4.14. The molecule has 1 fully saturated rings. The minimum atomic E-state index is -0.956. The molecule has 0 amide bonds. The van der Waals surface area contributed by atoms with Crippen LogP contribution in [-0.2, 0) is 27.4 Å². The van der Waals surface area contributed by atoms with Gasteiger partial charge in [-0.05, 0) is 49.4 Å². The molecular weight excluding hydrogens is 648 g/mol. The van der Waals surface area contributed by atoms with Gasteiger partial charge < -0.3 is 28.8 Å². The van der Waals surface area contributed by atoms with Gasteiger partial charge in [0.2, 0.25) is 0 Å². The number of aryl methyl sites for hydroxylation is 3. The number of carbonyl (C=O) groups is 2. The Morgan fingerprint density at radius 3 is 1.98 bits per heavy atom. The lowest BCUT2D eigenvalue weighted by atomic mass is 9.97. The van der Waals surface area contributed by atoms with E-state index in [4.69, 9.17) is 24.1 Å². The summed E-state index contributed by atoms with van der Waals surface area (Å²) in [5, 5.41) is 10.5. The zero-order valence-corrected chi connectivity index (χ0v) is 30.0. The molecule has 0 radical (unpaired) electrons. The normalized spacial score (nSPS) is 12.9. The lowest BCUT2D eigenvalue weighted by molar-refractivity contribution is -0.141. The first-order chi connectivity index (χ1) is 23.9. The van der Waals surface area contributed by atoms with E-state index < -0.39 is 17.3 Å². The van der Waals surface area contributed by atoms with Crippen LogP contribution in [0.5, 0.6) is 23.0 Å². The van der Waals surface area contributed by atoms with Gasteiger partial charge in [-0.2, -0.15) is 9.97 Å². The molecule has 1 N–H and O–H groups in total. The van der Waals surface area contributed by atoms with Crippen LogP contribution in [0.15, 0.2) is 27.8 Å². The highest BCUT2D eigenvalue weighted by molar-refractivity contribution is 5.92. The van der Waals surface area contributed by atoms with Crippen LogP contribution in [0.1, 0.15) is 81.2 Å². The molecule has 0 unspecified atom stereocenters. The van der Waals surface area contributed by atoms with E-state index in [2.05, 4.69) is 14.7 Å². The van der Waals surface area contributed by atoms with Crippen molar-refractivity contribution in [3.05, 3.63) is 56.1 Å². The first-order valence-electron chi connectivity index (χ1n) is 16.5. The number of carboxylic acids is 1. The van der Waals surface area contributed by atoms with Gasteiger partial charge in [0.25, 0.3) is 0 Å². The summed E-state index contributed by atoms with van der Waals surface area (Å²) in [4.78, 5) is 56.1. The van der Waals surface area contributed by atoms with Gasteiger partial charge in [-0.25, -0.2) is 9.59 Å². The molecule has 4 aromatic rings. The summed E-state index contributed by atoms with van der Waals surface area (Å²) in [5.74, 6) is 1.15. The predicted octanol–water partition coefficient (Wildman–Crippen LogP) is 4.95. The van der Waals surface area contributed by atoms with Crippen LogP contribution >= 0.6 is 0 Å². The number of hydrogen-bond donors (Lipinski definition) is 1. The van der Waals surface area contributed by atoms with Crippen molar-refractivity contribution in [2.24, 2.45) is 0 Å². The lowest BCUT2D eigenvalue weighted by Crippen LogP contribution is -2.27. The first-order valence-corrected chi connectivity index (χ1v) is 16.5. The van der Waals surface area contributed by atoms with Crippen LogP contribution in [0, 0.1) is 6.92 Å². The smallest absolute Gasteiger partial charge is 0.348 e. The second-order valence-corrected chi connectivity index (χ2v) is 12.3. The van der Waals surface area contributed by atoms with E-state index in [1.54, 1.807) is 40.6 Å². The fourth-order valence-corrected chi connectivity index (χ4v) is 6.55. The number of hydrogen-bond acceptors (Lipinski definition) is 11. The highest BCUT2D eigenvalue weighted by atomic mass is 16.5. The molecule has 0 spiro atoms. The van der Waals surface area contributed by atoms with Crippen molar-refractivity contribution in [1.82, 2.24) is 19.1 Å². The summed E-state index contributed by atoms with van der Waals surface area (Å²) in [7, 11) is 7.57. The van der Waals surface area contributed by atoms with Gasteiger partial charge in [-0.1, -0.05) is 26.7 Å². The second kappa shape index (κ2) is 16.5. The Morgan fingerprint density at radius 2 is 1.42 bits per heavy atom. The Kier molecular flexibility index (Phi) is 12.4. The number of aromatic nitrogens is 4. The molecule has 1 saturated carbocycles. The number of rotatable bonds is 12. The molecule has 14 heteroatoms. The van der Waals surface area contributed by atoms with Crippen LogP contribution in [0.4, 0.5) is 0 Å². The van der Waals surface area contributed by atoms with E-state index in [-0.39, 0.29) is 43.7 Å². The second-order valence-electron chi connectivity index (χ2n) is 12.3. The van der Waals surface area contributed by atoms with Gasteiger partial charge in [0.05, 0.1) is 81.6 Å². The van der Waals surface area contributed by atoms with Gasteiger partial charge >= 0.3 is 23.3 Å². The first kappa shape index (κ1) is 37.7. The molecule has 0 atom stereocenters. The van der Waals surface area contributed by atoms with Gasteiger partial charge in [-0.15, -0.1) is 0 Å². The SMILES string of the molecule is COC(=O)CCn1c(=O)nc(C(C)C)c2c(OC)c(OC)ccc21.COc1c(C)cc2c(c(C3CCCC3)nc(=O)n2CCC(=O)O)c1OC. The minimum absolute atomic E-state index is 0.0245. The van der Waals surface area contributed by atoms with Crippen molar-refractivity contribution < 1.29 is 38.4 Å². The molecule has 270 valence electrons. The largest absolute Gasteiger partial charge is 0.493 e. The van der Waals surface area contributed by atoms with Crippen LogP contribution in [-0.4, -0.2) is 71.7 Å². The van der Waals surface area contributed by atoms with Crippen molar-refractivity contribution in [2.75, 3.05) is 35.5 Å². The van der Waals surface area contributed by atoms with Crippen molar-refractivity contribution in [3.63, 3.8) is 0 Å². The number of carbonyl (C=O) groups excluding carboxylic acids is 1. The topological polar surface area (TPSA) is 170 Å². The summed E-state index contributed by atoms with van der Waals surface area (Å²) in [6.45, 7) is 6.04. The van der Waals surface area contributed by atoms with Gasteiger partial charge in [-0.3, -0.25) is 18.7 Å². The number of ether oxygens (including phenoxy) is 5. The molecule has 1 aliphatic rings. The van der Waals surface area contributed by atoms with Gasteiger partial charge in [0, 0.05) is 19.0 Å². The van der Waals surface area contributed by atoms with Crippen molar-refractivity contribution in [2.45, 2.75) is 84.2 Å². The molecule has 2 heterocycles. The average Bonchev–Trinajstić information content (AvgIpc) is 3.64. The molecular formula is C36H46N4O10. The highest BCUT2D eigenvalue weighted by Crippen LogP contribution is 2.44. The van der Waals surface area contributed by atoms with E-state index >= 15 is 0 Å². The molecule has 0 saturated heterocycles. The fourth-order valence-electron chi connectivity index (χ4n) is 6.55. The average molecular weight is 695 g/mol. The van der Waals surface area contributed by atoms with Crippen molar-refractivity contribution in [3.8, 4) is 23.0 Å². The fraction of sp³-hybridized carbons (Fsp3) is 0.500. The molecule has 0 aliphatic heterocycles. The van der Waals surface area contributed by atoms with Gasteiger partial charge in [0.1, 0.15) is 0 Å². The maximum Gasteiger partial charge on any atom is 0.348 e. The minimum Gasteiger partial charge on any atom is -0.493 e. The van der Waals surface area contributed by atoms with E-state index in [9.17, 15) is 19.2 Å². The molecule has 14 nitrogen and oxygen atoms in total. The predicted molar refractivity (Wildman–Crippen MR) is 187 cm³/mol. The Balaban J connectivity index is 0.000000226. The third-order valence-electron chi connectivity index (χ3n) is 8.93. The standard InChI is InChI=1S/C19H24N2O5.C17H22N2O5/c1-11-10-13-15(18(26-3)17(11)25-2)16(12-6-4-5-7-12)20-19(24)21(13)9-8-14(22)23;1-10(2)15-14-11(6-7-12(22-3)16(14)24-5)19(17(21)18-15)9-8-13(20)23-4/h10,12H,4-9H2,1-3H3,(H,22,23);6-7,10H,8-9H2,1-5H3. The number of carboxylic acid groups (broad SMARTS) is 1. The van der Waals surface area contributed by atoms with Crippen LogP contribution in [0.3, 0.4) is 0 Å².